The number of carbonyl (C=O) groups excluding carboxylic acids is 1. The summed E-state index contributed by atoms with van der Waals surface area (Å²) in [6, 6.07) is 17.9. The van der Waals surface area contributed by atoms with Crippen LogP contribution in [0.2, 0.25) is 0 Å². The number of carbonyl (C=O) groups is 1. The predicted molar refractivity (Wildman–Crippen MR) is 118 cm³/mol. The monoisotopic (exact) mass is 409 g/mol. The summed E-state index contributed by atoms with van der Waals surface area (Å²) in [5.74, 6) is 0.0111. The van der Waals surface area contributed by atoms with Crippen LogP contribution in [0, 0.1) is 0 Å². The lowest BCUT2D eigenvalue weighted by atomic mass is 9.89. The normalized spacial score (nSPS) is 16.0. The molecule has 1 amide bonds. The summed E-state index contributed by atoms with van der Waals surface area (Å²) in [5.41, 5.74) is 8.57. The van der Waals surface area contributed by atoms with Crippen LogP contribution in [0.25, 0.3) is 0 Å². The van der Waals surface area contributed by atoms with Crippen molar-refractivity contribution in [3.63, 3.8) is 0 Å². The van der Waals surface area contributed by atoms with Gasteiger partial charge in [-0.3, -0.25) is 4.79 Å². The summed E-state index contributed by atoms with van der Waals surface area (Å²) in [6.07, 6.45) is 5.56. The Morgan fingerprint density at radius 1 is 1.10 bits per heavy atom. The smallest absolute Gasteiger partial charge is 0.253 e. The second-order valence-corrected chi connectivity index (χ2v) is 7.92. The zero-order chi connectivity index (χ0) is 21.2. The van der Waals surface area contributed by atoms with Gasteiger partial charge < -0.3 is 20.6 Å². The summed E-state index contributed by atoms with van der Waals surface area (Å²) in [4.78, 5) is 19.8. The molecule has 6 heteroatoms. The van der Waals surface area contributed by atoms with Crippen LogP contribution in [0.5, 0.6) is 0 Å². The molecule has 0 aromatic heterocycles. The van der Waals surface area contributed by atoms with Gasteiger partial charge in [0.1, 0.15) is 6.61 Å². The quantitative estimate of drug-likeness (QED) is 0.379. The largest absolute Gasteiger partial charge is 0.396 e. The average molecular weight is 410 g/mol. The predicted octanol–water partition coefficient (Wildman–Crippen LogP) is 2.79. The lowest BCUT2D eigenvalue weighted by molar-refractivity contribution is 0.0607. The molecule has 0 spiro atoms. The van der Waals surface area contributed by atoms with Gasteiger partial charge in [-0.1, -0.05) is 47.6 Å². The molecule has 0 bridgehead atoms. The van der Waals surface area contributed by atoms with E-state index in [1.54, 1.807) is 11.1 Å². The molecule has 30 heavy (non-hydrogen) atoms. The second-order valence-electron chi connectivity index (χ2n) is 7.92. The van der Waals surface area contributed by atoms with E-state index in [2.05, 4.69) is 17.3 Å². The van der Waals surface area contributed by atoms with Gasteiger partial charge in [-0.25, -0.2) is 0 Å². The second kappa shape index (κ2) is 10.9. The lowest BCUT2D eigenvalue weighted by Crippen LogP contribution is -2.53. The zero-order valence-electron chi connectivity index (χ0n) is 17.4. The lowest BCUT2D eigenvalue weighted by Gasteiger charge is -2.38. The van der Waals surface area contributed by atoms with Crippen LogP contribution in [0.1, 0.15) is 40.7 Å². The molecule has 1 aliphatic rings. The van der Waals surface area contributed by atoms with Gasteiger partial charge in [-0.15, -0.1) is 0 Å². The van der Waals surface area contributed by atoms with Crippen LogP contribution in [-0.2, 0) is 17.7 Å². The fraction of sp³-hybridized carbons (Fsp3) is 0.417. The maximum absolute atomic E-state index is 12.6. The Morgan fingerprint density at radius 2 is 1.80 bits per heavy atom. The van der Waals surface area contributed by atoms with E-state index in [-0.39, 0.29) is 12.5 Å². The highest BCUT2D eigenvalue weighted by atomic mass is 16.6. The Hall–Kier alpha value is -2.70. The molecular formula is C24H31N3O3. The minimum Gasteiger partial charge on any atom is -0.396 e. The van der Waals surface area contributed by atoms with Crippen molar-refractivity contribution in [1.82, 2.24) is 4.90 Å². The summed E-state index contributed by atoms with van der Waals surface area (Å²) < 4.78 is 0. The molecule has 0 saturated carbocycles. The maximum Gasteiger partial charge on any atom is 0.253 e. The number of oxime groups is 1. The van der Waals surface area contributed by atoms with Crippen LogP contribution in [0.4, 0.5) is 0 Å². The van der Waals surface area contributed by atoms with Gasteiger partial charge in [0.05, 0.1) is 6.61 Å². The first-order valence-electron chi connectivity index (χ1n) is 10.6. The minimum atomic E-state index is -0.552. The summed E-state index contributed by atoms with van der Waals surface area (Å²) in [5, 5.41) is 13.4. The first kappa shape index (κ1) is 22.0. The standard InChI is InChI=1S/C24H31N3O3/c25-24(19-28)13-16-27(17-14-24)23(29)22-10-8-21(9-11-22)12-15-26-30-18-4-7-20-5-2-1-3-6-20/h1-3,5-6,8-11,15,28H,4,7,12-14,16-19,25H2. The van der Waals surface area contributed by atoms with Gasteiger partial charge in [0.15, 0.2) is 0 Å². The number of benzene rings is 2. The van der Waals surface area contributed by atoms with E-state index in [1.807, 2.05) is 42.5 Å². The summed E-state index contributed by atoms with van der Waals surface area (Å²) in [7, 11) is 0. The molecule has 1 aliphatic heterocycles. The molecule has 2 aromatic rings. The summed E-state index contributed by atoms with van der Waals surface area (Å²) >= 11 is 0. The van der Waals surface area contributed by atoms with Gasteiger partial charge in [0.25, 0.3) is 5.91 Å². The topological polar surface area (TPSA) is 88.2 Å². The van der Waals surface area contributed by atoms with Crippen molar-refractivity contribution in [2.45, 2.75) is 37.6 Å². The molecule has 3 rings (SSSR count). The van der Waals surface area contributed by atoms with E-state index in [1.165, 1.54) is 5.56 Å². The molecule has 0 radical (unpaired) electrons. The minimum absolute atomic E-state index is 0.0111. The van der Waals surface area contributed by atoms with Gasteiger partial charge in [-0.2, -0.15) is 0 Å². The van der Waals surface area contributed by atoms with E-state index >= 15 is 0 Å². The third-order valence-corrected chi connectivity index (χ3v) is 5.58. The van der Waals surface area contributed by atoms with Crippen LogP contribution in [-0.4, -0.2) is 54.0 Å². The number of nitrogens with two attached hydrogens (primary N) is 1. The van der Waals surface area contributed by atoms with Crippen molar-refractivity contribution in [2.75, 3.05) is 26.3 Å². The van der Waals surface area contributed by atoms with Gasteiger partial charge in [0, 0.05) is 36.8 Å². The highest BCUT2D eigenvalue weighted by Crippen LogP contribution is 2.20. The number of aliphatic hydroxyl groups is 1. The molecule has 6 nitrogen and oxygen atoms in total. The molecule has 2 aromatic carbocycles. The fourth-order valence-electron chi connectivity index (χ4n) is 3.51. The Labute approximate surface area is 178 Å². The molecular weight excluding hydrogens is 378 g/mol. The van der Waals surface area contributed by atoms with E-state index in [0.717, 1.165) is 18.4 Å². The molecule has 0 atom stereocenters. The molecule has 3 N–H and O–H groups in total. The number of hydrogen-bond acceptors (Lipinski definition) is 5. The third-order valence-electron chi connectivity index (χ3n) is 5.58. The Kier molecular flexibility index (Phi) is 7.99. The van der Waals surface area contributed by atoms with E-state index in [0.29, 0.717) is 44.5 Å². The van der Waals surface area contributed by atoms with Crippen LogP contribution in [0.15, 0.2) is 59.8 Å². The number of likely N-dealkylation sites (tertiary alicyclic amines) is 1. The first-order valence-corrected chi connectivity index (χ1v) is 10.6. The van der Waals surface area contributed by atoms with Crippen molar-refractivity contribution in [3.8, 4) is 0 Å². The number of nitrogens with zero attached hydrogens (tertiary/aromatic N) is 2. The highest BCUT2D eigenvalue weighted by Gasteiger charge is 2.32. The maximum atomic E-state index is 12.6. The molecule has 1 fully saturated rings. The zero-order valence-corrected chi connectivity index (χ0v) is 17.4. The summed E-state index contributed by atoms with van der Waals surface area (Å²) in [6.45, 7) is 1.70. The van der Waals surface area contributed by atoms with Gasteiger partial charge in [-0.05, 0) is 48.9 Å². The average Bonchev–Trinajstić information content (AvgIpc) is 2.79. The van der Waals surface area contributed by atoms with Crippen LogP contribution < -0.4 is 5.73 Å². The van der Waals surface area contributed by atoms with Crippen molar-refractivity contribution in [3.05, 3.63) is 71.3 Å². The van der Waals surface area contributed by atoms with E-state index < -0.39 is 5.54 Å². The van der Waals surface area contributed by atoms with Crippen molar-refractivity contribution < 1.29 is 14.7 Å². The molecule has 0 unspecified atom stereocenters. The number of piperidine rings is 1. The fourth-order valence-corrected chi connectivity index (χ4v) is 3.51. The van der Waals surface area contributed by atoms with E-state index in [9.17, 15) is 9.90 Å². The number of aryl methyl sites for hydroxylation is 1. The van der Waals surface area contributed by atoms with Gasteiger partial charge in [0.2, 0.25) is 0 Å². The van der Waals surface area contributed by atoms with E-state index in [4.69, 9.17) is 10.6 Å². The Balaban J connectivity index is 1.37. The molecule has 1 heterocycles. The Bertz CT molecular complexity index is 813. The number of aliphatic hydroxyl groups excluding tert-OH is 1. The van der Waals surface area contributed by atoms with Crippen molar-refractivity contribution >= 4 is 12.1 Å². The van der Waals surface area contributed by atoms with Crippen LogP contribution >= 0.6 is 0 Å². The Morgan fingerprint density at radius 3 is 2.47 bits per heavy atom. The van der Waals surface area contributed by atoms with Gasteiger partial charge >= 0.3 is 0 Å². The first-order chi connectivity index (χ1) is 14.6. The number of hydrogen-bond donors (Lipinski definition) is 2. The molecule has 160 valence electrons. The third kappa shape index (κ3) is 6.40. The highest BCUT2D eigenvalue weighted by molar-refractivity contribution is 5.94. The van der Waals surface area contributed by atoms with Crippen LogP contribution in [0.3, 0.4) is 0 Å². The van der Waals surface area contributed by atoms with Crippen molar-refractivity contribution in [1.29, 1.82) is 0 Å². The SMILES string of the molecule is NC1(CO)CCN(C(=O)c2ccc(CC=NOCCCc3ccccc3)cc2)CC1. The molecule has 0 aliphatic carbocycles. The molecule has 1 saturated heterocycles. The number of rotatable bonds is 9. The van der Waals surface area contributed by atoms with Crippen molar-refractivity contribution in [2.24, 2.45) is 10.9 Å². The number of amides is 1.